The molecule has 2 aromatic heterocycles. The highest BCUT2D eigenvalue weighted by Crippen LogP contribution is 2.39. The van der Waals surface area contributed by atoms with Gasteiger partial charge in [-0.25, -0.2) is 18.3 Å². The van der Waals surface area contributed by atoms with Crippen LogP contribution < -0.4 is 9.13 Å². The molecule has 404 valence electrons. The molecule has 0 aliphatic carbocycles. The molecule has 12 heteroatoms. The standard InChI is InChI=1S/2C28H38BBr3N2.C7H8/c2*1-18(2)22-11-9-12-23(19(3)4)27(22)33-15-16-34(26(33)17-29(30,31)32)28-24(20(5)6)13-10-14-25(28)21(7)8;1-7-5-3-2-4-6-7/h2*9-16,18-21H,17H2,1-8H3;2-6H,1H3. The zero-order chi connectivity index (χ0) is 55.9. The Hall–Kier alpha value is -2.47. The number of aryl methyl sites for hydroxylation is 1. The van der Waals surface area contributed by atoms with E-state index >= 15 is 0 Å². The van der Waals surface area contributed by atoms with Crippen LogP contribution in [0.25, 0.3) is 22.7 Å². The number of aromatic nitrogens is 4. The second-order valence-electron chi connectivity index (χ2n) is 22.8. The fourth-order valence-electron chi connectivity index (χ4n) is 10.2. The van der Waals surface area contributed by atoms with E-state index < -0.39 is 5.24 Å². The van der Waals surface area contributed by atoms with Gasteiger partial charge in [0.25, 0.3) is 0 Å². The van der Waals surface area contributed by atoms with Gasteiger partial charge in [0.1, 0.15) is 47.5 Å². The highest BCUT2D eigenvalue weighted by Gasteiger charge is 2.34. The Labute approximate surface area is 503 Å². The first-order valence-electron chi connectivity index (χ1n) is 27.3. The predicted molar refractivity (Wildman–Crippen MR) is 351 cm³/mol. The number of imidazole rings is 2. The average Bonchev–Trinajstić information content (AvgIpc) is 3.92. The smallest absolute Gasteiger partial charge is 0.233 e. The van der Waals surface area contributed by atoms with Crippen LogP contribution in [-0.4, -0.2) is 14.4 Å². The Morgan fingerprint density at radius 3 is 0.787 bits per heavy atom. The highest BCUT2D eigenvalue weighted by atomic mass is 80.0. The fourth-order valence-corrected chi connectivity index (χ4v) is 11.9. The third kappa shape index (κ3) is 16.3. The summed E-state index contributed by atoms with van der Waals surface area (Å²) in [5.74, 6) is 5.93. The minimum absolute atomic E-state index is 0.429. The quantitative estimate of drug-likeness (QED) is 0.0678. The van der Waals surface area contributed by atoms with Crippen molar-refractivity contribution in [3.63, 3.8) is 0 Å². The molecule has 0 atom stereocenters. The van der Waals surface area contributed by atoms with Crippen molar-refractivity contribution in [1.82, 2.24) is 9.13 Å². The van der Waals surface area contributed by atoms with Gasteiger partial charge in [-0.15, -0.1) is 0 Å². The van der Waals surface area contributed by atoms with E-state index in [0.717, 1.165) is 12.6 Å². The van der Waals surface area contributed by atoms with Crippen molar-refractivity contribution in [2.24, 2.45) is 0 Å². The Kier molecular flexibility index (Phi) is 23.3. The molecule has 7 aromatic rings. The normalized spacial score (nSPS) is 12.2. The van der Waals surface area contributed by atoms with Crippen LogP contribution in [0.3, 0.4) is 0 Å². The molecule has 0 amide bonds. The maximum atomic E-state index is 3.87. The molecule has 0 spiro atoms. The molecule has 0 aliphatic rings. The monoisotopic (exact) mass is 1390 g/mol. The van der Waals surface area contributed by atoms with E-state index in [1.165, 1.54) is 84.5 Å². The van der Waals surface area contributed by atoms with Gasteiger partial charge in [0, 0.05) is 44.5 Å². The maximum Gasteiger partial charge on any atom is 0.233 e. The number of nitrogens with zero attached hydrogens (tertiary/aromatic N) is 4. The summed E-state index contributed by atoms with van der Waals surface area (Å²) in [6.07, 6.45) is 10.7. The molecule has 75 heavy (non-hydrogen) atoms. The topological polar surface area (TPSA) is 17.6 Å². The van der Waals surface area contributed by atoms with Gasteiger partial charge in [-0.3, -0.25) is 0 Å². The van der Waals surface area contributed by atoms with Crippen LogP contribution in [0.4, 0.5) is 0 Å². The molecule has 7 rings (SSSR count). The second kappa shape index (κ2) is 27.6. The number of para-hydroxylation sites is 4. The number of halogens is 6. The van der Waals surface area contributed by atoms with Crippen molar-refractivity contribution in [1.29, 1.82) is 0 Å². The molecule has 0 saturated carbocycles. The lowest BCUT2D eigenvalue weighted by Crippen LogP contribution is -2.40. The highest BCUT2D eigenvalue weighted by molar-refractivity contribution is 9.72. The first kappa shape index (κ1) is 63.4. The molecule has 0 bridgehead atoms. The summed E-state index contributed by atoms with van der Waals surface area (Å²) in [6.45, 7) is 38.7. The minimum atomic E-state index is -1.11. The second-order valence-corrected chi connectivity index (χ2v) is 39.5. The van der Waals surface area contributed by atoms with E-state index in [1.54, 1.807) is 0 Å². The number of hydrogen-bond donors (Lipinski definition) is 0. The van der Waals surface area contributed by atoms with E-state index in [1.807, 2.05) is 18.2 Å². The molecule has 0 unspecified atom stereocenters. The van der Waals surface area contributed by atoms with Crippen LogP contribution in [-0.2, 0) is 12.6 Å². The van der Waals surface area contributed by atoms with E-state index in [9.17, 15) is 0 Å². The SMILES string of the molecule is CC(C)c1cccc(C(C)C)c1-n1cc[n+](-c2c(C(C)C)cccc2C(C)C)c1C[B-](Br)(Br)Br.CC(C)c1cccc(C(C)C)c1-n1cc[n+](-c2c(C(C)C)cccc2C(C)C)c1C[B-](Br)(Br)Br.Cc1ccccc1. The lowest BCUT2D eigenvalue weighted by Gasteiger charge is -2.23. The molecule has 0 saturated heterocycles. The molecular formula is C63H84B2Br6N4. The largest absolute Gasteiger partial charge is 0.324 e. The zero-order valence-electron chi connectivity index (χ0n) is 47.9. The lowest BCUT2D eigenvalue weighted by molar-refractivity contribution is -0.604. The molecule has 0 fully saturated rings. The molecule has 0 N–H and O–H groups in total. The fraction of sp³-hybridized carbons (Fsp3) is 0.429. The summed E-state index contributed by atoms with van der Waals surface area (Å²) in [5, 5.41) is 0. The van der Waals surface area contributed by atoms with Gasteiger partial charge >= 0.3 is 0 Å². The first-order chi connectivity index (χ1) is 35.1. The number of hydrogen-bond acceptors (Lipinski definition) is 0. The van der Waals surface area contributed by atoms with Crippen LogP contribution in [0.5, 0.6) is 0 Å². The van der Waals surface area contributed by atoms with Crippen LogP contribution in [0.1, 0.15) is 220 Å². The van der Waals surface area contributed by atoms with E-state index in [2.05, 4.69) is 340 Å². The van der Waals surface area contributed by atoms with E-state index in [0.29, 0.717) is 47.3 Å². The van der Waals surface area contributed by atoms with Crippen molar-refractivity contribution >= 4 is 99.8 Å². The first-order valence-corrected chi connectivity index (χ1v) is 32.7. The molecule has 2 heterocycles. The maximum absolute atomic E-state index is 3.87. The van der Waals surface area contributed by atoms with Gasteiger partial charge in [0.2, 0.25) is 11.6 Å². The van der Waals surface area contributed by atoms with Crippen molar-refractivity contribution in [2.45, 2.75) is 178 Å². The van der Waals surface area contributed by atoms with Gasteiger partial charge in [0.05, 0.1) is 0 Å². The molecule has 4 nitrogen and oxygen atoms in total. The number of rotatable bonds is 16. The van der Waals surface area contributed by atoms with Crippen molar-refractivity contribution in [2.75, 3.05) is 0 Å². The summed E-state index contributed by atoms with van der Waals surface area (Å²) in [4.78, 5) is 0. The molecule has 0 radical (unpaired) electrons. The van der Waals surface area contributed by atoms with Gasteiger partial charge in [-0.2, -0.15) is 0 Å². The third-order valence-electron chi connectivity index (χ3n) is 13.9. The summed E-state index contributed by atoms with van der Waals surface area (Å²) in [5.41, 5.74) is 17.7. The van der Waals surface area contributed by atoms with Gasteiger partial charge in [-0.1, -0.05) is 219 Å². The summed E-state index contributed by atoms with van der Waals surface area (Å²) in [7, 11) is 0. The zero-order valence-corrected chi connectivity index (χ0v) is 57.4. The van der Waals surface area contributed by atoms with Crippen LogP contribution in [0.15, 0.2) is 128 Å². The van der Waals surface area contributed by atoms with Gasteiger partial charge in [-0.05, 0) is 66.9 Å². The Morgan fingerprint density at radius 1 is 0.347 bits per heavy atom. The third-order valence-corrected chi connectivity index (χ3v) is 15.9. The lowest BCUT2D eigenvalue weighted by atomic mass is 9.91. The Morgan fingerprint density at radius 2 is 0.587 bits per heavy atom. The van der Waals surface area contributed by atoms with Crippen molar-refractivity contribution in [3.05, 3.63) is 190 Å². The molecular weight excluding hydrogens is 1310 g/mol. The summed E-state index contributed by atoms with van der Waals surface area (Å²) in [6, 6.07) is 37.4. The average molecular weight is 1400 g/mol. The molecule has 5 aromatic carbocycles. The van der Waals surface area contributed by atoms with E-state index in [4.69, 9.17) is 0 Å². The predicted octanol–water partition coefficient (Wildman–Crippen LogP) is 20.9. The van der Waals surface area contributed by atoms with Crippen LogP contribution in [0, 0.1) is 6.92 Å². The van der Waals surface area contributed by atoms with Crippen molar-refractivity contribution < 1.29 is 9.13 Å². The Bertz CT molecular complexity index is 2510. The molecule has 0 aliphatic heterocycles. The summed E-state index contributed by atoms with van der Waals surface area (Å²) >= 11 is 23.2. The minimum Gasteiger partial charge on any atom is -0.324 e. The van der Waals surface area contributed by atoms with Crippen LogP contribution in [0.2, 0.25) is 0 Å². The number of benzene rings is 5. The Balaban J connectivity index is 0.000000245. The van der Waals surface area contributed by atoms with Gasteiger partial charge < -0.3 is 94.5 Å². The van der Waals surface area contributed by atoms with Gasteiger partial charge in [0.15, 0.2) is 5.24 Å². The summed E-state index contributed by atoms with van der Waals surface area (Å²) < 4.78 is 7.53. The van der Waals surface area contributed by atoms with Crippen LogP contribution >= 0.6 is 94.5 Å². The van der Waals surface area contributed by atoms with Crippen molar-refractivity contribution in [3.8, 4) is 22.7 Å². The van der Waals surface area contributed by atoms with E-state index in [-0.39, 0.29) is 0 Å².